The third-order valence-corrected chi connectivity index (χ3v) is 4.51. The van der Waals surface area contributed by atoms with Crippen molar-refractivity contribution in [2.75, 3.05) is 19.6 Å². The van der Waals surface area contributed by atoms with Gasteiger partial charge in [-0.05, 0) is 44.7 Å². The average Bonchev–Trinajstić information content (AvgIpc) is 3.03. The van der Waals surface area contributed by atoms with Gasteiger partial charge in [0.05, 0.1) is 0 Å². The molecule has 0 radical (unpaired) electrons. The number of benzene rings is 1. The van der Waals surface area contributed by atoms with Gasteiger partial charge in [0.1, 0.15) is 5.58 Å². The molecule has 6 nitrogen and oxygen atoms in total. The minimum Gasteiger partial charge on any atom is -0.451 e. The SMILES string of the molecule is CC(C)NC(=O)NCC1CCN(C(=O)c2cc3ccccc3o2)CC1. The monoisotopic (exact) mass is 343 g/mol. The predicted octanol–water partition coefficient (Wildman–Crippen LogP) is 2.99. The summed E-state index contributed by atoms with van der Waals surface area (Å²) in [5, 5.41) is 6.67. The van der Waals surface area contributed by atoms with Crippen LogP contribution in [0.25, 0.3) is 11.0 Å². The molecule has 1 aliphatic rings. The second-order valence-electron chi connectivity index (χ2n) is 6.89. The van der Waals surface area contributed by atoms with Crippen LogP contribution < -0.4 is 10.6 Å². The average molecular weight is 343 g/mol. The summed E-state index contributed by atoms with van der Waals surface area (Å²) in [6.07, 6.45) is 1.77. The number of para-hydroxylation sites is 1. The Balaban J connectivity index is 1.50. The smallest absolute Gasteiger partial charge is 0.314 e. The van der Waals surface area contributed by atoms with Gasteiger partial charge in [-0.25, -0.2) is 4.79 Å². The Morgan fingerprint density at radius 1 is 1.24 bits per heavy atom. The summed E-state index contributed by atoms with van der Waals surface area (Å²) in [5.74, 6) is 0.742. The van der Waals surface area contributed by atoms with E-state index in [1.54, 1.807) is 0 Å². The van der Waals surface area contributed by atoms with Gasteiger partial charge in [-0.1, -0.05) is 18.2 Å². The Morgan fingerprint density at radius 3 is 2.64 bits per heavy atom. The number of hydrogen-bond acceptors (Lipinski definition) is 3. The number of fused-ring (bicyclic) bond motifs is 1. The summed E-state index contributed by atoms with van der Waals surface area (Å²) in [7, 11) is 0. The van der Waals surface area contributed by atoms with Crippen LogP contribution in [0.5, 0.6) is 0 Å². The number of nitrogens with zero attached hydrogens (tertiary/aromatic N) is 1. The van der Waals surface area contributed by atoms with Crippen molar-refractivity contribution < 1.29 is 14.0 Å². The summed E-state index contributed by atoms with van der Waals surface area (Å²) >= 11 is 0. The highest BCUT2D eigenvalue weighted by Crippen LogP contribution is 2.23. The minimum atomic E-state index is -0.129. The molecule has 0 saturated carbocycles. The number of carbonyl (C=O) groups excluding carboxylic acids is 2. The lowest BCUT2D eigenvalue weighted by Gasteiger charge is -2.31. The fraction of sp³-hybridized carbons (Fsp3) is 0.474. The van der Waals surface area contributed by atoms with Crippen LogP contribution in [0.2, 0.25) is 0 Å². The van der Waals surface area contributed by atoms with Crippen LogP contribution in [-0.4, -0.2) is 42.5 Å². The van der Waals surface area contributed by atoms with Crippen molar-refractivity contribution in [1.82, 2.24) is 15.5 Å². The van der Waals surface area contributed by atoms with Crippen LogP contribution in [0, 0.1) is 5.92 Å². The van der Waals surface area contributed by atoms with Crippen molar-refractivity contribution in [2.24, 2.45) is 5.92 Å². The van der Waals surface area contributed by atoms with E-state index in [0.717, 1.165) is 23.8 Å². The Hall–Kier alpha value is -2.50. The van der Waals surface area contributed by atoms with Crippen molar-refractivity contribution in [3.8, 4) is 0 Å². The highest BCUT2D eigenvalue weighted by molar-refractivity contribution is 5.96. The molecule has 1 fully saturated rings. The first-order valence-corrected chi connectivity index (χ1v) is 8.85. The summed E-state index contributed by atoms with van der Waals surface area (Å²) in [6, 6.07) is 9.44. The molecule has 2 N–H and O–H groups in total. The van der Waals surface area contributed by atoms with Crippen LogP contribution in [0.1, 0.15) is 37.2 Å². The van der Waals surface area contributed by atoms with E-state index in [-0.39, 0.29) is 18.0 Å². The number of amides is 3. The van der Waals surface area contributed by atoms with E-state index in [4.69, 9.17) is 4.42 Å². The van der Waals surface area contributed by atoms with Gasteiger partial charge in [0.2, 0.25) is 0 Å². The topological polar surface area (TPSA) is 74.6 Å². The number of likely N-dealkylation sites (tertiary alicyclic amines) is 1. The summed E-state index contributed by atoms with van der Waals surface area (Å²) < 4.78 is 5.67. The van der Waals surface area contributed by atoms with Crippen molar-refractivity contribution in [1.29, 1.82) is 0 Å². The van der Waals surface area contributed by atoms with Crippen LogP contribution in [0.15, 0.2) is 34.7 Å². The van der Waals surface area contributed by atoms with E-state index in [9.17, 15) is 9.59 Å². The summed E-state index contributed by atoms with van der Waals surface area (Å²) in [6.45, 7) is 5.89. The molecule has 2 heterocycles. The lowest BCUT2D eigenvalue weighted by atomic mass is 9.96. The summed E-state index contributed by atoms with van der Waals surface area (Å²) in [4.78, 5) is 26.1. The van der Waals surface area contributed by atoms with E-state index in [2.05, 4.69) is 10.6 Å². The van der Waals surface area contributed by atoms with E-state index in [1.807, 2.05) is 49.1 Å². The Bertz CT molecular complexity index is 712. The van der Waals surface area contributed by atoms with Gasteiger partial charge < -0.3 is 20.0 Å². The summed E-state index contributed by atoms with van der Waals surface area (Å²) in [5.41, 5.74) is 0.737. The normalized spacial score (nSPS) is 15.6. The van der Waals surface area contributed by atoms with Gasteiger partial charge in [-0.2, -0.15) is 0 Å². The quantitative estimate of drug-likeness (QED) is 0.896. The Labute approximate surface area is 147 Å². The van der Waals surface area contributed by atoms with E-state index in [1.165, 1.54) is 0 Å². The number of nitrogens with one attached hydrogen (secondary N) is 2. The van der Waals surface area contributed by atoms with Gasteiger partial charge >= 0.3 is 6.03 Å². The molecule has 3 rings (SSSR count). The molecule has 134 valence electrons. The lowest BCUT2D eigenvalue weighted by Crippen LogP contribution is -2.44. The van der Waals surface area contributed by atoms with E-state index in [0.29, 0.717) is 31.3 Å². The zero-order valence-corrected chi connectivity index (χ0v) is 14.7. The number of furan rings is 1. The third-order valence-electron chi connectivity index (χ3n) is 4.51. The highest BCUT2D eigenvalue weighted by Gasteiger charge is 2.25. The lowest BCUT2D eigenvalue weighted by molar-refractivity contribution is 0.0661. The molecule has 1 aromatic carbocycles. The zero-order valence-electron chi connectivity index (χ0n) is 14.7. The standard InChI is InChI=1S/C19H25N3O3/c1-13(2)21-19(24)20-12-14-7-9-22(10-8-14)18(23)17-11-15-5-3-4-6-16(15)25-17/h3-6,11,13-14H,7-10,12H2,1-2H3,(H2,20,21,24). The van der Waals surface area contributed by atoms with E-state index < -0.39 is 0 Å². The number of rotatable bonds is 4. The molecule has 0 spiro atoms. The molecule has 25 heavy (non-hydrogen) atoms. The molecule has 0 aliphatic carbocycles. The molecular weight excluding hydrogens is 318 g/mol. The van der Waals surface area contributed by atoms with Crippen LogP contribution in [0.4, 0.5) is 4.79 Å². The van der Waals surface area contributed by atoms with Gasteiger partial charge in [0.25, 0.3) is 5.91 Å². The largest absolute Gasteiger partial charge is 0.451 e. The molecule has 3 amide bonds. The number of urea groups is 1. The van der Waals surface area contributed by atoms with Crippen molar-refractivity contribution in [3.05, 3.63) is 36.1 Å². The van der Waals surface area contributed by atoms with E-state index >= 15 is 0 Å². The Kier molecular flexibility index (Phi) is 5.26. The molecular formula is C19H25N3O3. The molecule has 1 aliphatic heterocycles. The molecule has 0 bridgehead atoms. The first-order chi connectivity index (χ1) is 12.0. The first kappa shape index (κ1) is 17.3. The van der Waals surface area contributed by atoms with Crippen LogP contribution in [-0.2, 0) is 0 Å². The maximum absolute atomic E-state index is 12.6. The molecule has 2 aromatic rings. The molecule has 0 atom stereocenters. The molecule has 6 heteroatoms. The van der Waals surface area contributed by atoms with Crippen LogP contribution >= 0.6 is 0 Å². The maximum Gasteiger partial charge on any atom is 0.314 e. The zero-order chi connectivity index (χ0) is 17.8. The maximum atomic E-state index is 12.6. The second-order valence-corrected chi connectivity index (χ2v) is 6.89. The molecule has 1 aromatic heterocycles. The Morgan fingerprint density at radius 2 is 1.96 bits per heavy atom. The highest BCUT2D eigenvalue weighted by atomic mass is 16.3. The van der Waals surface area contributed by atoms with Gasteiger partial charge in [0, 0.05) is 31.1 Å². The van der Waals surface area contributed by atoms with Crippen LogP contribution in [0.3, 0.4) is 0 Å². The molecule has 0 unspecified atom stereocenters. The van der Waals surface area contributed by atoms with Crippen molar-refractivity contribution in [2.45, 2.75) is 32.7 Å². The number of hydrogen-bond donors (Lipinski definition) is 2. The third kappa shape index (κ3) is 4.32. The number of carbonyl (C=O) groups is 2. The van der Waals surface area contributed by atoms with Gasteiger partial charge in [0.15, 0.2) is 5.76 Å². The van der Waals surface area contributed by atoms with Crippen molar-refractivity contribution >= 4 is 22.9 Å². The van der Waals surface area contributed by atoms with Gasteiger partial charge in [-0.3, -0.25) is 4.79 Å². The molecule has 1 saturated heterocycles. The first-order valence-electron chi connectivity index (χ1n) is 8.85. The second kappa shape index (κ2) is 7.59. The fourth-order valence-corrected chi connectivity index (χ4v) is 3.13. The minimum absolute atomic E-state index is 0.0554. The number of piperidine rings is 1. The fourth-order valence-electron chi connectivity index (χ4n) is 3.13. The predicted molar refractivity (Wildman–Crippen MR) is 96.5 cm³/mol. The van der Waals surface area contributed by atoms with Crippen molar-refractivity contribution in [3.63, 3.8) is 0 Å². The van der Waals surface area contributed by atoms with Gasteiger partial charge in [-0.15, -0.1) is 0 Å².